The Hall–Kier alpha value is -2.43. The smallest absolute Gasteiger partial charge is 0.203 e. The summed E-state index contributed by atoms with van der Waals surface area (Å²) in [5.74, 6) is 0. The fourth-order valence-electron chi connectivity index (χ4n) is 3.64. The highest BCUT2D eigenvalue weighted by molar-refractivity contribution is 6.30. The van der Waals surface area contributed by atoms with Gasteiger partial charge in [-0.25, -0.2) is 4.98 Å². The van der Waals surface area contributed by atoms with E-state index in [4.69, 9.17) is 21.2 Å². The van der Waals surface area contributed by atoms with Crippen LogP contribution in [0.15, 0.2) is 48.0 Å². The minimum atomic E-state index is -1.72. The van der Waals surface area contributed by atoms with E-state index in [-0.39, 0.29) is 0 Å². The van der Waals surface area contributed by atoms with Gasteiger partial charge in [-0.2, -0.15) is 0 Å². The number of nitrogens with zero attached hydrogens (tertiary/aromatic N) is 3. The summed E-state index contributed by atoms with van der Waals surface area (Å²) in [6.45, 7) is 1.43. The Bertz CT molecular complexity index is 1080. The van der Waals surface area contributed by atoms with Gasteiger partial charge in [0.25, 0.3) is 0 Å². The number of hydrogen-bond acceptors (Lipinski definition) is 7. The van der Waals surface area contributed by atoms with Crippen LogP contribution in [0.4, 0.5) is 0 Å². The summed E-state index contributed by atoms with van der Waals surface area (Å²) in [7, 11) is 1.42. The monoisotopic (exact) mass is 420 g/mol. The summed E-state index contributed by atoms with van der Waals surface area (Å²) in [6, 6.07) is 8.31. The lowest BCUT2D eigenvalue weighted by atomic mass is 9.88. The third-order valence-corrected chi connectivity index (χ3v) is 5.48. The zero-order chi connectivity index (χ0) is 20.8. The zero-order valence-electron chi connectivity index (χ0n) is 15.7. The van der Waals surface area contributed by atoms with Gasteiger partial charge in [0, 0.05) is 11.2 Å². The number of aromatic amines is 1. The minimum absolute atomic E-state index is 0.358. The summed E-state index contributed by atoms with van der Waals surface area (Å²) in [5.41, 5.74) is -0.274. The van der Waals surface area contributed by atoms with Crippen molar-refractivity contribution < 1.29 is 24.9 Å². The van der Waals surface area contributed by atoms with Gasteiger partial charge >= 0.3 is 0 Å². The molecular weight excluding hydrogens is 400 g/mol. The van der Waals surface area contributed by atoms with E-state index in [1.165, 1.54) is 20.4 Å². The molecule has 1 aliphatic rings. The average Bonchev–Trinajstić information content (AvgIpc) is 3.22. The third kappa shape index (κ3) is 3.30. The maximum Gasteiger partial charge on any atom is 0.203 e. The van der Waals surface area contributed by atoms with Crippen LogP contribution in [0.1, 0.15) is 24.8 Å². The molecule has 29 heavy (non-hydrogen) atoms. The second-order valence-electron chi connectivity index (χ2n) is 7.10. The Morgan fingerprint density at radius 2 is 2.07 bits per heavy atom. The molecule has 3 aromatic rings. The first kappa shape index (κ1) is 19.9. The highest BCUT2D eigenvalue weighted by Gasteiger charge is 2.55. The van der Waals surface area contributed by atoms with E-state index >= 15 is 0 Å². The molecule has 3 heterocycles. The Labute approximate surface area is 170 Å². The van der Waals surface area contributed by atoms with Crippen molar-refractivity contribution in [3.8, 4) is 0 Å². The van der Waals surface area contributed by atoms with Crippen LogP contribution >= 0.6 is 11.6 Å². The molecule has 9 nitrogen and oxygen atoms in total. The van der Waals surface area contributed by atoms with Gasteiger partial charge < -0.3 is 34.4 Å². The van der Waals surface area contributed by atoms with Gasteiger partial charge in [0.1, 0.15) is 36.7 Å². The van der Waals surface area contributed by atoms with E-state index in [1.807, 2.05) is 0 Å². The highest BCUT2D eigenvalue weighted by atomic mass is 35.5. The Kier molecular flexibility index (Phi) is 5.09. The number of aromatic nitrogens is 3. The number of ether oxygens (including phenoxy) is 1. The molecule has 0 aliphatic carbocycles. The predicted octanol–water partition coefficient (Wildman–Crippen LogP) is 1.22. The summed E-state index contributed by atoms with van der Waals surface area (Å²) in [6.07, 6.45) is -1.40. The van der Waals surface area contributed by atoms with E-state index in [0.29, 0.717) is 27.1 Å². The fourth-order valence-corrected chi connectivity index (χ4v) is 3.77. The van der Waals surface area contributed by atoms with E-state index in [0.717, 1.165) is 0 Å². The quantitative estimate of drug-likeness (QED) is 0.470. The highest BCUT2D eigenvalue weighted by Crippen LogP contribution is 2.43. The SMILES string of the molecule is CO/N=c1/nc[nH]c2c1ccn2[C@@H]1O[C@H]([C@H](O)c2ccc(Cl)cc2)[C@@](C)(O)[C@H]1O. The number of benzene rings is 1. The molecule has 1 saturated heterocycles. The lowest BCUT2D eigenvalue weighted by Crippen LogP contribution is -2.47. The first-order chi connectivity index (χ1) is 13.8. The lowest BCUT2D eigenvalue weighted by molar-refractivity contribution is -0.115. The molecule has 5 atom stereocenters. The van der Waals surface area contributed by atoms with Crippen LogP contribution in [0.5, 0.6) is 0 Å². The van der Waals surface area contributed by atoms with Gasteiger partial charge in [0.2, 0.25) is 5.49 Å². The number of hydrogen-bond donors (Lipinski definition) is 4. The molecule has 4 N–H and O–H groups in total. The van der Waals surface area contributed by atoms with Gasteiger partial charge in [0.15, 0.2) is 6.23 Å². The Morgan fingerprint density at radius 3 is 2.76 bits per heavy atom. The van der Waals surface area contributed by atoms with Gasteiger partial charge in [-0.1, -0.05) is 28.9 Å². The van der Waals surface area contributed by atoms with Crippen molar-refractivity contribution >= 4 is 22.6 Å². The van der Waals surface area contributed by atoms with Crippen LogP contribution in [-0.2, 0) is 9.57 Å². The molecule has 154 valence electrons. The van der Waals surface area contributed by atoms with Crippen molar-refractivity contribution in [2.45, 2.75) is 37.1 Å². The van der Waals surface area contributed by atoms with Gasteiger partial charge in [0.05, 0.1) is 11.7 Å². The summed E-state index contributed by atoms with van der Waals surface area (Å²) >= 11 is 5.91. The number of rotatable bonds is 4. The summed E-state index contributed by atoms with van der Waals surface area (Å²) in [5, 5.41) is 37.6. The summed E-state index contributed by atoms with van der Waals surface area (Å²) < 4.78 is 7.59. The third-order valence-electron chi connectivity index (χ3n) is 5.23. The van der Waals surface area contributed by atoms with Crippen LogP contribution in [-0.4, -0.2) is 54.8 Å². The first-order valence-corrected chi connectivity index (χ1v) is 9.33. The molecule has 0 amide bonds. The van der Waals surface area contributed by atoms with E-state index in [1.54, 1.807) is 41.1 Å². The lowest BCUT2D eigenvalue weighted by Gasteiger charge is -2.29. The fraction of sp³-hybridized carbons (Fsp3) is 0.368. The molecule has 1 aromatic carbocycles. The number of H-pyrrole nitrogens is 1. The summed E-state index contributed by atoms with van der Waals surface area (Å²) in [4.78, 5) is 11.9. The second-order valence-corrected chi connectivity index (χ2v) is 7.54. The zero-order valence-corrected chi connectivity index (χ0v) is 16.5. The maximum absolute atomic E-state index is 11.0. The molecule has 0 radical (unpaired) electrons. The van der Waals surface area contributed by atoms with E-state index in [2.05, 4.69) is 15.1 Å². The van der Waals surface area contributed by atoms with E-state index in [9.17, 15) is 15.3 Å². The van der Waals surface area contributed by atoms with Crippen LogP contribution in [0.2, 0.25) is 5.02 Å². The van der Waals surface area contributed by atoms with Gasteiger partial charge in [-0.05, 0) is 30.7 Å². The van der Waals surface area contributed by atoms with Gasteiger partial charge in [-0.15, -0.1) is 0 Å². The van der Waals surface area contributed by atoms with Crippen molar-refractivity contribution in [1.82, 2.24) is 14.5 Å². The second kappa shape index (κ2) is 7.43. The molecule has 1 fully saturated rings. The predicted molar refractivity (Wildman–Crippen MR) is 104 cm³/mol. The molecule has 10 heteroatoms. The Morgan fingerprint density at radius 1 is 1.34 bits per heavy atom. The number of aliphatic hydroxyl groups excluding tert-OH is 2. The molecule has 4 rings (SSSR count). The minimum Gasteiger partial charge on any atom is -0.397 e. The van der Waals surface area contributed by atoms with Crippen molar-refractivity contribution in [3.05, 3.63) is 58.9 Å². The molecule has 1 aliphatic heterocycles. The standard InChI is InChI=1S/C19H21ClN4O5/c1-19(27)14(26)18(29-15(19)13(25)10-3-5-11(20)6-4-10)24-8-7-12-16(23-28-2)21-9-22-17(12)24/h3-9,13-15,18,25-27H,1-2H3,(H,21,22,23)/t13-,14+,15-,18-,19+/m1/s1. The van der Waals surface area contributed by atoms with Crippen LogP contribution in [0.25, 0.3) is 11.0 Å². The van der Waals surface area contributed by atoms with Crippen molar-refractivity contribution in [2.24, 2.45) is 5.16 Å². The largest absolute Gasteiger partial charge is 0.397 e. The van der Waals surface area contributed by atoms with Gasteiger partial charge in [-0.3, -0.25) is 0 Å². The van der Waals surface area contributed by atoms with Crippen LogP contribution < -0.4 is 5.49 Å². The Balaban J connectivity index is 1.72. The molecule has 0 unspecified atom stereocenters. The maximum atomic E-state index is 11.0. The van der Waals surface area contributed by atoms with Crippen molar-refractivity contribution in [3.63, 3.8) is 0 Å². The molecule has 2 aromatic heterocycles. The molecule has 0 bridgehead atoms. The normalized spacial score (nSPS) is 28.8. The van der Waals surface area contributed by atoms with Crippen LogP contribution in [0, 0.1) is 0 Å². The first-order valence-electron chi connectivity index (χ1n) is 8.95. The number of nitrogens with one attached hydrogen (secondary N) is 1. The van der Waals surface area contributed by atoms with E-state index < -0.39 is 30.1 Å². The molecule has 0 saturated carbocycles. The van der Waals surface area contributed by atoms with Crippen molar-refractivity contribution in [2.75, 3.05) is 7.11 Å². The van der Waals surface area contributed by atoms with Crippen molar-refractivity contribution in [1.29, 1.82) is 0 Å². The molecule has 0 spiro atoms. The average molecular weight is 421 g/mol. The topological polar surface area (TPSA) is 125 Å². The number of aliphatic hydroxyl groups is 3. The number of halogens is 1. The number of fused-ring (bicyclic) bond motifs is 1. The van der Waals surface area contributed by atoms with Crippen LogP contribution in [0.3, 0.4) is 0 Å². The molecular formula is C19H21ClN4O5.